The Balaban J connectivity index is 1.68. The van der Waals surface area contributed by atoms with Gasteiger partial charge in [0.1, 0.15) is 6.10 Å². The van der Waals surface area contributed by atoms with E-state index >= 15 is 0 Å². The number of aromatic nitrogens is 3. The topological polar surface area (TPSA) is 52.4 Å². The zero-order chi connectivity index (χ0) is 17.4. The zero-order valence-corrected chi connectivity index (χ0v) is 17.9. The number of halogens is 2. The Hall–Kier alpha value is -0.320. The fourth-order valence-electron chi connectivity index (χ4n) is 3.21. The maximum atomic E-state index is 5.91. The van der Waals surface area contributed by atoms with Crippen LogP contribution in [0.2, 0.25) is 0 Å². The van der Waals surface area contributed by atoms with Gasteiger partial charge in [0.25, 0.3) is 0 Å². The van der Waals surface area contributed by atoms with Gasteiger partial charge < -0.3 is 14.4 Å². The van der Waals surface area contributed by atoms with Crippen LogP contribution in [0.4, 0.5) is 0 Å². The van der Waals surface area contributed by atoms with Crippen molar-refractivity contribution in [2.45, 2.75) is 31.6 Å². The first-order chi connectivity index (χ1) is 12.1. The van der Waals surface area contributed by atoms with E-state index in [1.54, 1.807) is 11.3 Å². The van der Waals surface area contributed by atoms with Crippen LogP contribution in [0.3, 0.4) is 0 Å². The minimum absolute atomic E-state index is 0.0795. The van der Waals surface area contributed by atoms with Crippen LogP contribution in [0, 0.1) is 0 Å². The molecule has 136 valence electrons. The predicted molar refractivity (Wildman–Crippen MR) is 104 cm³/mol. The molecule has 0 amide bonds. The highest BCUT2D eigenvalue weighted by atomic mass is 79.9. The Morgan fingerprint density at radius 1 is 1.32 bits per heavy atom. The highest BCUT2D eigenvalue weighted by molar-refractivity contribution is 9.13. The molecule has 0 aliphatic carbocycles. The second-order valence-corrected chi connectivity index (χ2v) is 9.46. The first-order valence-corrected chi connectivity index (χ1v) is 10.9. The molecule has 0 saturated carbocycles. The van der Waals surface area contributed by atoms with Crippen molar-refractivity contribution in [3.05, 3.63) is 19.5 Å². The van der Waals surface area contributed by atoms with Gasteiger partial charge in [-0.25, -0.2) is 9.67 Å². The van der Waals surface area contributed by atoms with Crippen LogP contribution < -0.4 is 0 Å². The molecule has 0 aromatic carbocycles. The second-order valence-electron chi connectivity index (χ2n) is 6.47. The summed E-state index contributed by atoms with van der Waals surface area (Å²) in [5.74, 6) is 1.63. The van der Waals surface area contributed by atoms with Gasteiger partial charge in [0.05, 0.1) is 27.5 Å². The standard InChI is InChI=1S/C16H20Br2N4O2S/c1-21-4-6-24-12(8-21)15-19-16(11-9-25-14(18)13(11)17)22(20-15)7-10-3-2-5-23-10/h9-10,12H,2-8H2,1H3. The maximum absolute atomic E-state index is 5.91. The van der Waals surface area contributed by atoms with Crippen LogP contribution in [-0.4, -0.2) is 59.1 Å². The predicted octanol–water partition coefficient (Wildman–Crippen LogP) is 3.71. The molecule has 2 aromatic heterocycles. The minimum Gasteiger partial charge on any atom is -0.376 e. The van der Waals surface area contributed by atoms with E-state index in [1.165, 1.54) is 0 Å². The zero-order valence-electron chi connectivity index (χ0n) is 14.0. The number of likely N-dealkylation sites (N-methyl/N-ethyl adjacent to an activating group) is 1. The van der Waals surface area contributed by atoms with Crippen LogP contribution in [-0.2, 0) is 16.0 Å². The van der Waals surface area contributed by atoms with Crippen molar-refractivity contribution < 1.29 is 9.47 Å². The molecule has 4 rings (SSSR count). The van der Waals surface area contributed by atoms with Gasteiger partial charge in [-0.2, -0.15) is 5.10 Å². The van der Waals surface area contributed by atoms with Crippen LogP contribution >= 0.6 is 43.2 Å². The van der Waals surface area contributed by atoms with E-state index in [1.807, 2.05) is 4.68 Å². The molecular formula is C16H20Br2N4O2S. The Labute approximate surface area is 167 Å². The van der Waals surface area contributed by atoms with Crippen LogP contribution in [0.5, 0.6) is 0 Å². The molecule has 25 heavy (non-hydrogen) atoms. The number of hydrogen-bond donors (Lipinski definition) is 0. The third kappa shape index (κ3) is 3.86. The molecule has 6 nitrogen and oxygen atoms in total. The van der Waals surface area contributed by atoms with E-state index in [-0.39, 0.29) is 12.2 Å². The van der Waals surface area contributed by atoms with Crippen molar-refractivity contribution in [1.82, 2.24) is 19.7 Å². The average Bonchev–Trinajstić information content (AvgIpc) is 3.31. The van der Waals surface area contributed by atoms with E-state index < -0.39 is 0 Å². The molecule has 0 spiro atoms. The van der Waals surface area contributed by atoms with E-state index in [9.17, 15) is 0 Å². The number of nitrogens with zero attached hydrogens (tertiary/aromatic N) is 4. The number of ether oxygens (including phenoxy) is 2. The molecule has 4 heterocycles. The second kappa shape index (κ2) is 7.74. The van der Waals surface area contributed by atoms with Gasteiger partial charge in [-0.3, -0.25) is 0 Å². The smallest absolute Gasteiger partial charge is 0.181 e. The highest BCUT2D eigenvalue weighted by Gasteiger charge is 2.28. The lowest BCUT2D eigenvalue weighted by atomic mass is 10.2. The van der Waals surface area contributed by atoms with Gasteiger partial charge >= 0.3 is 0 Å². The van der Waals surface area contributed by atoms with Gasteiger partial charge in [-0.15, -0.1) is 11.3 Å². The molecule has 2 atom stereocenters. The fraction of sp³-hybridized carbons (Fsp3) is 0.625. The molecule has 2 aliphatic rings. The summed E-state index contributed by atoms with van der Waals surface area (Å²) in [6, 6.07) is 0. The van der Waals surface area contributed by atoms with E-state index in [0.717, 1.165) is 64.6 Å². The molecule has 0 radical (unpaired) electrons. The lowest BCUT2D eigenvalue weighted by Gasteiger charge is -2.28. The lowest BCUT2D eigenvalue weighted by Crippen LogP contribution is -2.35. The quantitative estimate of drug-likeness (QED) is 0.652. The van der Waals surface area contributed by atoms with E-state index in [4.69, 9.17) is 19.6 Å². The van der Waals surface area contributed by atoms with Crippen molar-refractivity contribution in [1.29, 1.82) is 0 Å². The number of morpholine rings is 1. The minimum atomic E-state index is -0.0795. The average molecular weight is 492 g/mol. The normalized spacial score (nSPS) is 24.9. The Bertz CT molecular complexity index is 745. The monoisotopic (exact) mass is 490 g/mol. The van der Waals surface area contributed by atoms with Crippen molar-refractivity contribution in [2.24, 2.45) is 0 Å². The van der Waals surface area contributed by atoms with Crippen molar-refractivity contribution in [3.63, 3.8) is 0 Å². The van der Waals surface area contributed by atoms with Gasteiger partial charge in [0.2, 0.25) is 0 Å². The van der Waals surface area contributed by atoms with Crippen LogP contribution in [0.25, 0.3) is 11.4 Å². The molecule has 0 bridgehead atoms. The third-order valence-corrected chi connectivity index (χ3v) is 7.92. The first kappa shape index (κ1) is 18.1. The van der Waals surface area contributed by atoms with Crippen LogP contribution in [0.15, 0.2) is 13.6 Å². The molecule has 2 saturated heterocycles. The Kier molecular flexibility index (Phi) is 5.59. The Morgan fingerprint density at radius 2 is 2.20 bits per heavy atom. The molecule has 0 N–H and O–H groups in total. The highest BCUT2D eigenvalue weighted by Crippen LogP contribution is 2.39. The van der Waals surface area contributed by atoms with Gasteiger partial charge in [-0.1, -0.05) is 0 Å². The summed E-state index contributed by atoms with van der Waals surface area (Å²) in [6.07, 6.45) is 2.32. The summed E-state index contributed by atoms with van der Waals surface area (Å²) in [7, 11) is 2.10. The summed E-state index contributed by atoms with van der Waals surface area (Å²) < 4.78 is 15.8. The van der Waals surface area contributed by atoms with E-state index in [2.05, 4.69) is 49.2 Å². The summed E-state index contributed by atoms with van der Waals surface area (Å²) in [5.41, 5.74) is 1.05. The molecule has 2 unspecified atom stereocenters. The summed E-state index contributed by atoms with van der Waals surface area (Å²) in [5, 5.41) is 6.90. The number of thiophene rings is 1. The first-order valence-electron chi connectivity index (χ1n) is 8.41. The van der Waals surface area contributed by atoms with Crippen molar-refractivity contribution in [3.8, 4) is 11.4 Å². The van der Waals surface area contributed by atoms with Crippen molar-refractivity contribution >= 4 is 43.2 Å². The molecular weight excluding hydrogens is 472 g/mol. The van der Waals surface area contributed by atoms with Gasteiger partial charge in [0, 0.05) is 30.6 Å². The molecule has 2 aliphatic heterocycles. The lowest BCUT2D eigenvalue weighted by molar-refractivity contribution is -0.0256. The van der Waals surface area contributed by atoms with Crippen LogP contribution in [0.1, 0.15) is 24.8 Å². The molecule has 2 fully saturated rings. The Morgan fingerprint density at radius 3 is 2.88 bits per heavy atom. The SMILES string of the molecule is CN1CCOC(c2nc(-c3csc(Br)c3Br)n(CC3CCCO3)n2)C1. The summed E-state index contributed by atoms with van der Waals surface area (Å²) >= 11 is 8.88. The molecule has 9 heteroatoms. The van der Waals surface area contributed by atoms with E-state index in [0.29, 0.717) is 6.61 Å². The molecule has 2 aromatic rings. The summed E-state index contributed by atoms with van der Waals surface area (Å²) in [6.45, 7) is 4.04. The summed E-state index contributed by atoms with van der Waals surface area (Å²) in [4.78, 5) is 7.11. The third-order valence-electron chi connectivity index (χ3n) is 4.58. The van der Waals surface area contributed by atoms with Gasteiger partial charge in [0.15, 0.2) is 11.6 Å². The van der Waals surface area contributed by atoms with Crippen molar-refractivity contribution in [2.75, 3.05) is 33.4 Å². The maximum Gasteiger partial charge on any atom is 0.181 e. The largest absolute Gasteiger partial charge is 0.376 e. The van der Waals surface area contributed by atoms with Gasteiger partial charge in [-0.05, 0) is 51.7 Å². The number of hydrogen-bond acceptors (Lipinski definition) is 6. The number of rotatable bonds is 4. The fourth-order valence-corrected chi connectivity index (χ4v) is 5.08.